The number of hydrogen-bond donors (Lipinski definition) is 0. The predicted octanol–water partition coefficient (Wildman–Crippen LogP) is 1.72. The molecule has 0 bridgehead atoms. The summed E-state index contributed by atoms with van der Waals surface area (Å²) in [5.74, 6) is 0. The van der Waals surface area contributed by atoms with Crippen LogP contribution >= 0.6 is 0 Å². The summed E-state index contributed by atoms with van der Waals surface area (Å²) in [6.45, 7) is 0. The molecule has 1 aromatic rings. The van der Waals surface area contributed by atoms with E-state index in [1.807, 2.05) is 36.4 Å². The molecule has 0 saturated carbocycles. The third kappa shape index (κ3) is 2.96. The van der Waals surface area contributed by atoms with Gasteiger partial charge >= 0.3 is 0 Å². The van der Waals surface area contributed by atoms with Crippen molar-refractivity contribution >= 4 is 22.7 Å². The van der Waals surface area contributed by atoms with Crippen LogP contribution in [0, 0.1) is 0 Å². The van der Waals surface area contributed by atoms with E-state index in [1.54, 1.807) is 6.08 Å². The Morgan fingerprint density at radius 3 is 2.55 bits per heavy atom. The summed E-state index contributed by atoms with van der Waals surface area (Å²) in [7, 11) is 0. The summed E-state index contributed by atoms with van der Waals surface area (Å²) in [5, 5.41) is 1.51. The predicted molar refractivity (Wildman–Crippen MR) is 49.7 cm³/mol. The SMILES string of the molecule is O=S=C/C=C/c1ccccc1. The van der Waals surface area contributed by atoms with Crippen molar-refractivity contribution in [2.75, 3.05) is 0 Å². The number of benzene rings is 1. The average Bonchev–Trinajstić information content (AvgIpc) is 2.07. The Morgan fingerprint density at radius 2 is 1.91 bits per heavy atom. The van der Waals surface area contributed by atoms with E-state index in [0.717, 1.165) is 5.56 Å². The lowest BCUT2D eigenvalue weighted by atomic mass is 10.2. The summed E-state index contributed by atoms with van der Waals surface area (Å²) in [4.78, 5) is 0. The monoisotopic (exact) mass is 164 g/mol. The highest BCUT2D eigenvalue weighted by Crippen LogP contribution is 1.99. The van der Waals surface area contributed by atoms with Crippen LogP contribution in [0.3, 0.4) is 0 Å². The van der Waals surface area contributed by atoms with Crippen LogP contribution < -0.4 is 0 Å². The highest BCUT2D eigenvalue weighted by Gasteiger charge is 1.78. The molecule has 0 heterocycles. The Kier molecular flexibility index (Phi) is 3.35. The first-order chi connectivity index (χ1) is 5.43. The Morgan fingerprint density at radius 1 is 1.18 bits per heavy atom. The molecule has 0 aliphatic heterocycles. The van der Waals surface area contributed by atoms with Crippen LogP contribution in [0.25, 0.3) is 6.08 Å². The van der Waals surface area contributed by atoms with E-state index in [9.17, 15) is 4.21 Å². The largest absolute Gasteiger partial charge is 0.212 e. The highest BCUT2D eigenvalue weighted by atomic mass is 32.1. The second-order valence-corrected chi connectivity index (χ2v) is 2.47. The van der Waals surface area contributed by atoms with Crippen LogP contribution in [0.15, 0.2) is 36.4 Å². The van der Waals surface area contributed by atoms with Gasteiger partial charge in [-0.2, -0.15) is 0 Å². The van der Waals surface area contributed by atoms with Gasteiger partial charge in [0.2, 0.25) is 0 Å². The van der Waals surface area contributed by atoms with Crippen molar-refractivity contribution in [3.05, 3.63) is 42.0 Å². The van der Waals surface area contributed by atoms with Crippen LogP contribution in [0.1, 0.15) is 5.56 Å². The van der Waals surface area contributed by atoms with Gasteiger partial charge in [-0.3, -0.25) is 0 Å². The van der Waals surface area contributed by atoms with Crippen molar-refractivity contribution in [2.45, 2.75) is 0 Å². The zero-order valence-electron chi connectivity index (χ0n) is 5.94. The zero-order chi connectivity index (χ0) is 7.94. The van der Waals surface area contributed by atoms with Crippen LogP contribution in [0.2, 0.25) is 0 Å². The second kappa shape index (κ2) is 4.63. The molecule has 0 N–H and O–H groups in total. The van der Waals surface area contributed by atoms with Gasteiger partial charge in [-0.15, -0.1) is 0 Å². The van der Waals surface area contributed by atoms with Crippen molar-refractivity contribution in [2.24, 2.45) is 0 Å². The fourth-order valence-electron chi connectivity index (χ4n) is 0.747. The molecule has 0 amide bonds. The van der Waals surface area contributed by atoms with Gasteiger partial charge in [-0.05, 0) is 11.6 Å². The molecular weight excluding hydrogens is 156 g/mol. The van der Waals surface area contributed by atoms with Gasteiger partial charge in [0.1, 0.15) is 0 Å². The maximum atomic E-state index is 9.93. The maximum Gasteiger partial charge on any atom is 0.0885 e. The molecule has 0 atom stereocenters. The molecule has 0 fully saturated rings. The number of allylic oxidation sites excluding steroid dienone is 1. The minimum absolute atomic E-state index is 0.459. The molecule has 11 heavy (non-hydrogen) atoms. The fourth-order valence-corrected chi connectivity index (χ4v) is 0.889. The molecule has 0 aliphatic carbocycles. The second-order valence-electron chi connectivity index (χ2n) is 2.00. The fraction of sp³-hybridized carbons (Fsp3) is 0. The lowest BCUT2D eigenvalue weighted by Gasteiger charge is -1.87. The first-order valence-corrected chi connectivity index (χ1v) is 4.07. The molecule has 1 rings (SSSR count). The third-order valence-electron chi connectivity index (χ3n) is 1.22. The van der Waals surface area contributed by atoms with E-state index in [-0.39, 0.29) is 0 Å². The number of hydrogen-bond acceptors (Lipinski definition) is 1. The van der Waals surface area contributed by atoms with Gasteiger partial charge < -0.3 is 0 Å². The first-order valence-electron chi connectivity index (χ1n) is 3.27. The van der Waals surface area contributed by atoms with Crippen LogP contribution in [-0.2, 0) is 11.3 Å². The first kappa shape index (κ1) is 7.95. The van der Waals surface area contributed by atoms with Gasteiger partial charge in [-0.1, -0.05) is 36.4 Å². The average molecular weight is 164 g/mol. The third-order valence-corrected chi connectivity index (χ3v) is 1.49. The number of rotatable bonds is 2. The Bertz CT molecular complexity index is 284. The summed E-state index contributed by atoms with van der Waals surface area (Å²) >= 11 is 0.459. The van der Waals surface area contributed by atoms with Crippen molar-refractivity contribution in [1.82, 2.24) is 0 Å². The highest BCUT2D eigenvalue weighted by molar-refractivity contribution is 7.65. The smallest absolute Gasteiger partial charge is 0.0885 e. The Hall–Kier alpha value is -1.15. The summed E-state index contributed by atoms with van der Waals surface area (Å²) in [6.07, 6.45) is 3.64. The van der Waals surface area contributed by atoms with Crippen LogP contribution in [0.5, 0.6) is 0 Å². The van der Waals surface area contributed by atoms with Crippen molar-refractivity contribution in [3.63, 3.8) is 0 Å². The van der Waals surface area contributed by atoms with Gasteiger partial charge in [0.05, 0.1) is 11.3 Å². The van der Waals surface area contributed by atoms with Crippen LogP contribution in [-0.4, -0.2) is 9.58 Å². The standard InChI is InChI=1S/C9H8OS/c10-11-8-4-7-9-5-2-1-3-6-9/h1-8H/b7-4+. The van der Waals surface area contributed by atoms with E-state index in [2.05, 4.69) is 0 Å². The molecule has 0 saturated heterocycles. The molecule has 0 radical (unpaired) electrons. The molecule has 56 valence electrons. The van der Waals surface area contributed by atoms with E-state index < -0.39 is 0 Å². The molecule has 1 aromatic carbocycles. The van der Waals surface area contributed by atoms with Crippen molar-refractivity contribution < 1.29 is 4.21 Å². The lowest BCUT2D eigenvalue weighted by Crippen LogP contribution is -1.68. The minimum Gasteiger partial charge on any atom is -0.212 e. The van der Waals surface area contributed by atoms with Gasteiger partial charge in [-0.25, -0.2) is 4.21 Å². The summed E-state index contributed by atoms with van der Waals surface area (Å²) in [5.41, 5.74) is 1.11. The Balaban J connectivity index is 2.72. The lowest BCUT2D eigenvalue weighted by molar-refractivity contribution is 0.701. The normalized spacial score (nSPS) is 9.82. The maximum absolute atomic E-state index is 9.93. The molecule has 2 heteroatoms. The summed E-state index contributed by atoms with van der Waals surface area (Å²) in [6, 6.07) is 9.86. The Labute approximate surface area is 69.4 Å². The molecule has 0 aromatic heterocycles. The van der Waals surface area contributed by atoms with E-state index in [4.69, 9.17) is 0 Å². The van der Waals surface area contributed by atoms with E-state index >= 15 is 0 Å². The van der Waals surface area contributed by atoms with Gasteiger partial charge in [0.15, 0.2) is 0 Å². The quantitative estimate of drug-likeness (QED) is 0.480. The minimum atomic E-state index is 0.459. The van der Waals surface area contributed by atoms with Crippen molar-refractivity contribution in [3.8, 4) is 0 Å². The molecular formula is C9H8OS. The zero-order valence-corrected chi connectivity index (χ0v) is 6.75. The topological polar surface area (TPSA) is 17.1 Å². The van der Waals surface area contributed by atoms with E-state index in [1.165, 1.54) is 5.37 Å². The summed E-state index contributed by atoms with van der Waals surface area (Å²) < 4.78 is 9.93. The van der Waals surface area contributed by atoms with Gasteiger partial charge in [0.25, 0.3) is 0 Å². The molecule has 0 spiro atoms. The van der Waals surface area contributed by atoms with E-state index in [0.29, 0.717) is 11.3 Å². The van der Waals surface area contributed by atoms with Crippen LogP contribution in [0.4, 0.5) is 0 Å². The van der Waals surface area contributed by atoms with Crippen molar-refractivity contribution in [1.29, 1.82) is 0 Å². The molecule has 0 aliphatic rings. The molecule has 0 unspecified atom stereocenters. The molecule has 1 nitrogen and oxygen atoms in total. The van der Waals surface area contributed by atoms with Gasteiger partial charge in [0, 0.05) is 5.37 Å².